The Morgan fingerprint density at radius 1 is 1.12 bits per heavy atom. The van der Waals surface area contributed by atoms with Crippen molar-refractivity contribution in [2.24, 2.45) is 7.05 Å². The summed E-state index contributed by atoms with van der Waals surface area (Å²) in [6, 6.07) is 2.95. The molecule has 2 aromatic rings. The van der Waals surface area contributed by atoms with E-state index in [0.29, 0.717) is 0 Å². The van der Waals surface area contributed by atoms with Crippen molar-refractivity contribution in [1.82, 2.24) is 19.0 Å². The first kappa shape index (κ1) is 17.5. The van der Waals surface area contributed by atoms with E-state index in [2.05, 4.69) is 5.10 Å². The fourth-order valence-electron chi connectivity index (χ4n) is 2.62. The summed E-state index contributed by atoms with van der Waals surface area (Å²) in [5, 5.41) is 3.86. The van der Waals surface area contributed by atoms with E-state index in [9.17, 15) is 22.0 Å². The summed E-state index contributed by atoms with van der Waals surface area (Å²) < 4.78 is 53.9. The summed E-state index contributed by atoms with van der Waals surface area (Å²) >= 11 is 0. The van der Waals surface area contributed by atoms with Gasteiger partial charge >= 0.3 is 0 Å². The van der Waals surface area contributed by atoms with Gasteiger partial charge in [0.2, 0.25) is 10.0 Å². The quantitative estimate of drug-likeness (QED) is 0.803. The number of benzene rings is 1. The van der Waals surface area contributed by atoms with E-state index in [4.69, 9.17) is 0 Å². The van der Waals surface area contributed by atoms with Crippen LogP contribution in [-0.2, 0) is 17.1 Å². The number of hydrogen-bond donors (Lipinski definition) is 0. The van der Waals surface area contributed by atoms with Gasteiger partial charge in [-0.3, -0.25) is 9.48 Å². The number of rotatable bonds is 3. The zero-order valence-electron chi connectivity index (χ0n) is 13.4. The molecule has 1 aliphatic heterocycles. The number of aromatic nitrogens is 2. The Kier molecular flexibility index (Phi) is 4.56. The standard InChI is InChI=1S/C15H16F2N4O3S/c1-19-10-12(9-18-19)25(23,24)21-6-4-20(5-7-21)15(22)11-2-3-13(16)14(17)8-11/h2-3,8-10H,4-7H2,1H3. The van der Waals surface area contributed by atoms with Gasteiger partial charge in [0.1, 0.15) is 4.90 Å². The van der Waals surface area contributed by atoms with Crippen LogP contribution in [0.25, 0.3) is 0 Å². The molecule has 25 heavy (non-hydrogen) atoms. The number of halogens is 2. The Balaban J connectivity index is 1.69. The van der Waals surface area contributed by atoms with Crippen molar-refractivity contribution in [1.29, 1.82) is 0 Å². The van der Waals surface area contributed by atoms with Gasteiger partial charge in [0.25, 0.3) is 5.91 Å². The fourth-order valence-corrected chi connectivity index (χ4v) is 4.03. The summed E-state index contributed by atoms with van der Waals surface area (Å²) in [7, 11) is -2.04. The SMILES string of the molecule is Cn1cc(S(=O)(=O)N2CCN(C(=O)c3ccc(F)c(F)c3)CC2)cn1. The van der Waals surface area contributed by atoms with E-state index in [1.165, 1.54) is 32.3 Å². The van der Waals surface area contributed by atoms with Gasteiger partial charge in [-0.1, -0.05) is 0 Å². The van der Waals surface area contributed by atoms with Crippen LogP contribution in [0.4, 0.5) is 8.78 Å². The van der Waals surface area contributed by atoms with Crippen molar-refractivity contribution in [3.8, 4) is 0 Å². The minimum Gasteiger partial charge on any atom is -0.336 e. The van der Waals surface area contributed by atoms with Gasteiger partial charge in [-0.05, 0) is 18.2 Å². The molecule has 0 atom stereocenters. The highest BCUT2D eigenvalue weighted by Crippen LogP contribution is 2.18. The van der Waals surface area contributed by atoms with Crippen LogP contribution in [-0.4, -0.2) is 59.5 Å². The lowest BCUT2D eigenvalue weighted by Crippen LogP contribution is -2.50. The van der Waals surface area contributed by atoms with Crippen molar-refractivity contribution in [3.05, 3.63) is 47.8 Å². The number of nitrogens with zero attached hydrogens (tertiary/aromatic N) is 4. The second kappa shape index (κ2) is 6.52. The first-order valence-corrected chi connectivity index (χ1v) is 8.96. The zero-order chi connectivity index (χ0) is 18.2. The van der Waals surface area contributed by atoms with Gasteiger partial charge in [0, 0.05) is 45.0 Å². The van der Waals surface area contributed by atoms with Gasteiger partial charge in [0.05, 0.1) is 6.20 Å². The first-order chi connectivity index (χ1) is 11.8. The Morgan fingerprint density at radius 3 is 2.36 bits per heavy atom. The number of piperazine rings is 1. The van der Waals surface area contributed by atoms with Crippen LogP contribution in [0, 0.1) is 11.6 Å². The highest BCUT2D eigenvalue weighted by atomic mass is 32.2. The Bertz CT molecular complexity index is 905. The second-order valence-corrected chi connectivity index (χ2v) is 7.61. The minimum absolute atomic E-state index is 0.0301. The predicted molar refractivity (Wildman–Crippen MR) is 84.2 cm³/mol. The lowest BCUT2D eigenvalue weighted by molar-refractivity contribution is 0.0697. The molecule has 1 aromatic carbocycles. The van der Waals surface area contributed by atoms with Crippen molar-refractivity contribution < 1.29 is 22.0 Å². The van der Waals surface area contributed by atoms with Gasteiger partial charge in [0.15, 0.2) is 11.6 Å². The smallest absolute Gasteiger partial charge is 0.254 e. The van der Waals surface area contributed by atoms with Gasteiger partial charge in [-0.2, -0.15) is 9.40 Å². The molecular weight excluding hydrogens is 354 g/mol. The van der Waals surface area contributed by atoms with Crippen LogP contribution in [0.3, 0.4) is 0 Å². The molecule has 1 fully saturated rings. The molecule has 134 valence electrons. The second-order valence-electron chi connectivity index (χ2n) is 5.67. The van der Waals surface area contributed by atoms with Gasteiger partial charge in [-0.25, -0.2) is 17.2 Å². The summed E-state index contributed by atoms with van der Waals surface area (Å²) in [5.41, 5.74) is 0.0301. The molecule has 0 radical (unpaired) electrons. The van der Waals surface area contributed by atoms with Crippen LogP contribution < -0.4 is 0 Å². The van der Waals surface area contributed by atoms with Gasteiger partial charge < -0.3 is 4.90 Å². The van der Waals surface area contributed by atoms with Crippen molar-refractivity contribution >= 4 is 15.9 Å². The third-order valence-corrected chi connectivity index (χ3v) is 5.86. The van der Waals surface area contributed by atoms with Gasteiger partial charge in [-0.15, -0.1) is 0 Å². The average Bonchev–Trinajstić information content (AvgIpc) is 3.04. The van der Waals surface area contributed by atoms with E-state index in [0.717, 1.165) is 12.1 Å². The predicted octanol–water partition coefficient (Wildman–Crippen LogP) is 0.845. The third kappa shape index (κ3) is 3.40. The van der Waals surface area contributed by atoms with Crippen molar-refractivity contribution in [2.45, 2.75) is 4.90 Å². The third-order valence-electron chi connectivity index (χ3n) is 4.01. The Hall–Kier alpha value is -2.33. The topological polar surface area (TPSA) is 75.5 Å². The fraction of sp³-hybridized carbons (Fsp3) is 0.333. The molecule has 0 unspecified atom stereocenters. The first-order valence-electron chi connectivity index (χ1n) is 7.52. The highest BCUT2D eigenvalue weighted by Gasteiger charge is 2.31. The summed E-state index contributed by atoms with van der Waals surface area (Å²) in [4.78, 5) is 13.9. The molecule has 1 saturated heterocycles. The summed E-state index contributed by atoms with van der Waals surface area (Å²) in [6.07, 6.45) is 2.68. The molecule has 0 saturated carbocycles. The molecule has 3 rings (SSSR count). The number of hydrogen-bond acceptors (Lipinski definition) is 4. The average molecular weight is 370 g/mol. The van der Waals surface area contributed by atoms with Crippen LogP contribution in [0.2, 0.25) is 0 Å². The van der Waals surface area contributed by atoms with Crippen LogP contribution in [0.5, 0.6) is 0 Å². The molecule has 0 N–H and O–H groups in total. The lowest BCUT2D eigenvalue weighted by atomic mass is 10.1. The molecule has 1 amide bonds. The van der Waals surface area contributed by atoms with E-state index in [1.54, 1.807) is 7.05 Å². The molecule has 10 heteroatoms. The molecule has 0 aliphatic carbocycles. The summed E-state index contributed by atoms with van der Waals surface area (Å²) in [6.45, 7) is 0.563. The molecule has 0 spiro atoms. The maximum absolute atomic E-state index is 13.3. The number of carbonyl (C=O) groups is 1. The minimum atomic E-state index is -3.66. The van der Waals surface area contributed by atoms with E-state index < -0.39 is 27.6 Å². The van der Waals surface area contributed by atoms with E-state index >= 15 is 0 Å². The lowest BCUT2D eigenvalue weighted by Gasteiger charge is -2.33. The molecule has 0 bridgehead atoms. The number of aryl methyl sites for hydroxylation is 1. The number of sulfonamides is 1. The highest BCUT2D eigenvalue weighted by molar-refractivity contribution is 7.89. The van der Waals surface area contributed by atoms with Crippen LogP contribution in [0.15, 0.2) is 35.5 Å². The molecule has 1 aromatic heterocycles. The van der Waals surface area contributed by atoms with Crippen LogP contribution in [0.1, 0.15) is 10.4 Å². The molecule has 1 aliphatic rings. The Morgan fingerprint density at radius 2 is 1.80 bits per heavy atom. The monoisotopic (exact) mass is 370 g/mol. The van der Waals surface area contributed by atoms with Crippen molar-refractivity contribution in [2.75, 3.05) is 26.2 Å². The Labute approximate surface area is 143 Å². The molecule has 2 heterocycles. The van der Waals surface area contributed by atoms with Crippen LogP contribution >= 0.6 is 0 Å². The van der Waals surface area contributed by atoms with E-state index in [1.807, 2.05) is 0 Å². The molecular formula is C15H16F2N4O3S. The largest absolute Gasteiger partial charge is 0.336 e. The number of amides is 1. The number of carbonyl (C=O) groups excluding carboxylic acids is 1. The summed E-state index contributed by atoms with van der Waals surface area (Å²) in [5.74, 6) is -2.58. The maximum Gasteiger partial charge on any atom is 0.254 e. The van der Waals surface area contributed by atoms with Crippen molar-refractivity contribution in [3.63, 3.8) is 0 Å². The molecule has 7 nitrogen and oxygen atoms in total. The maximum atomic E-state index is 13.3. The normalized spacial score (nSPS) is 16.2. The zero-order valence-corrected chi connectivity index (χ0v) is 14.2. The van der Waals surface area contributed by atoms with E-state index in [-0.39, 0.29) is 36.6 Å².